The van der Waals surface area contributed by atoms with Gasteiger partial charge in [0.25, 0.3) is 0 Å². The molecule has 31 heavy (non-hydrogen) atoms. The van der Waals surface area contributed by atoms with Gasteiger partial charge in [-0.25, -0.2) is 0 Å². The SMILES string of the molecule is C[C@]12CC[C@H](O)CC1=CC[C@@H]1[C@@H]2CC[C@]2(C)C(c3cccnc3)=CC[C@@H]12.NCC(=O)O. The van der Waals surface area contributed by atoms with Crippen LogP contribution in [0.2, 0.25) is 0 Å². The van der Waals surface area contributed by atoms with Crippen molar-refractivity contribution in [1.82, 2.24) is 4.98 Å². The number of aliphatic hydroxyl groups excluding tert-OH is 1. The van der Waals surface area contributed by atoms with Gasteiger partial charge in [-0.15, -0.1) is 0 Å². The summed E-state index contributed by atoms with van der Waals surface area (Å²) in [5.41, 5.74) is 9.66. The molecule has 168 valence electrons. The number of hydrogen-bond acceptors (Lipinski definition) is 4. The summed E-state index contributed by atoms with van der Waals surface area (Å²) >= 11 is 0. The molecule has 0 saturated heterocycles. The third-order valence-corrected chi connectivity index (χ3v) is 8.81. The van der Waals surface area contributed by atoms with Crippen molar-refractivity contribution in [3.63, 3.8) is 0 Å². The predicted molar refractivity (Wildman–Crippen MR) is 122 cm³/mol. The summed E-state index contributed by atoms with van der Waals surface area (Å²) in [5.74, 6) is 1.39. The molecule has 4 aliphatic rings. The van der Waals surface area contributed by atoms with Crippen LogP contribution in [0, 0.1) is 28.6 Å². The van der Waals surface area contributed by atoms with Crippen molar-refractivity contribution in [2.24, 2.45) is 34.3 Å². The fourth-order valence-corrected chi connectivity index (χ4v) is 7.18. The van der Waals surface area contributed by atoms with Crippen LogP contribution < -0.4 is 5.73 Å². The number of carboxylic acid groups (broad SMARTS) is 1. The van der Waals surface area contributed by atoms with E-state index < -0.39 is 5.97 Å². The molecule has 0 unspecified atom stereocenters. The Hall–Kier alpha value is -1.98. The second kappa shape index (κ2) is 8.51. The Balaban J connectivity index is 0.000000418. The number of pyridine rings is 1. The minimum absolute atomic E-state index is 0.106. The van der Waals surface area contributed by atoms with Gasteiger partial charge in [-0.2, -0.15) is 0 Å². The van der Waals surface area contributed by atoms with Crippen LogP contribution >= 0.6 is 0 Å². The molecular weight excluding hydrogens is 388 g/mol. The highest BCUT2D eigenvalue weighted by Gasteiger charge is 2.56. The van der Waals surface area contributed by atoms with Crippen LogP contribution in [0.5, 0.6) is 0 Å². The molecule has 0 spiro atoms. The third-order valence-electron chi connectivity index (χ3n) is 8.81. The zero-order valence-electron chi connectivity index (χ0n) is 18.8. The van der Waals surface area contributed by atoms with Crippen molar-refractivity contribution in [3.05, 3.63) is 47.8 Å². The van der Waals surface area contributed by atoms with E-state index in [0.717, 1.165) is 30.6 Å². The van der Waals surface area contributed by atoms with Crippen molar-refractivity contribution in [2.45, 2.75) is 64.9 Å². The first kappa shape index (κ1) is 22.2. The monoisotopic (exact) mass is 424 g/mol. The molecule has 1 aromatic rings. The van der Waals surface area contributed by atoms with Crippen molar-refractivity contribution >= 4 is 11.5 Å². The maximum atomic E-state index is 10.2. The summed E-state index contributed by atoms with van der Waals surface area (Å²) in [6.07, 6.45) is 17.0. The Bertz CT molecular complexity index is 880. The van der Waals surface area contributed by atoms with Gasteiger partial charge in [-0.1, -0.05) is 37.6 Å². The zero-order valence-corrected chi connectivity index (χ0v) is 18.8. The number of nitrogens with zero attached hydrogens (tertiary/aromatic N) is 1. The van der Waals surface area contributed by atoms with Gasteiger partial charge in [0, 0.05) is 12.4 Å². The molecule has 0 aromatic carbocycles. The van der Waals surface area contributed by atoms with Gasteiger partial charge in [0.15, 0.2) is 0 Å². The summed E-state index contributed by atoms with van der Waals surface area (Å²) in [5, 5.41) is 17.8. The molecular formula is C26H36N2O3. The number of carboxylic acids is 1. The molecule has 4 N–H and O–H groups in total. The molecule has 1 aromatic heterocycles. The Morgan fingerprint density at radius 3 is 2.58 bits per heavy atom. The molecule has 5 rings (SSSR count). The molecule has 2 fully saturated rings. The number of rotatable bonds is 2. The summed E-state index contributed by atoms with van der Waals surface area (Å²) in [6.45, 7) is 4.75. The van der Waals surface area contributed by atoms with E-state index in [1.807, 2.05) is 12.4 Å². The number of nitrogens with two attached hydrogens (primary N) is 1. The average Bonchev–Trinajstić information content (AvgIpc) is 3.12. The number of aromatic nitrogens is 1. The zero-order chi connectivity index (χ0) is 22.2. The van der Waals surface area contributed by atoms with E-state index in [0.29, 0.717) is 10.8 Å². The first-order valence-corrected chi connectivity index (χ1v) is 11.7. The smallest absolute Gasteiger partial charge is 0.317 e. The predicted octanol–water partition coefficient (Wildman–Crippen LogP) is 4.43. The van der Waals surface area contributed by atoms with Crippen molar-refractivity contribution in [1.29, 1.82) is 0 Å². The maximum Gasteiger partial charge on any atom is 0.317 e. The fourth-order valence-electron chi connectivity index (χ4n) is 7.18. The summed E-state index contributed by atoms with van der Waals surface area (Å²) < 4.78 is 0. The van der Waals surface area contributed by atoms with E-state index in [2.05, 4.69) is 48.8 Å². The normalized spacial score (nSPS) is 38.5. The van der Waals surface area contributed by atoms with Gasteiger partial charge in [-0.05, 0) is 90.7 Å². The Morgan fingerprint density at radius 1 is 1.16 bits per heavy atom. The van der Waals surface area contributed by atoms with Crippen LogP contribution in [0.1, 0.15) is 64.4 Å². The second-order valence-electron chi connectivity index (χ2n) is 10.3. The summed E-state index contributed by atoms with van der Waals surface area (Å²) in [4.78, 5) is 13.6. The standard InChI is InChI=1S/C24H31NO.C2H5NO2/c1-23-11-9-18(26)14-17(23)5-6-19-21-8-7-20(16-4-3-13-25-15-16)24(21,2)12-10-22(19)23;3-1-2(4)5/h3-5,7,13,15,18-19,21-22,26H,6,8-12,14H2,1-2H3;1,3H2,(H,4,5)/t18-,19-,21-,22-,23-,24+;/m0./s1. The molecule has 1 heterocycles. The minimum atomic E-state index is -0.968. The number of aliphatic hydroxyl groups is 1. The first-order chi connectivity index (χ1) is 14.8. The van der Waals surface area contributed by atoms with Gasteiger partial charge in [-0.3, -0.25) is 9.78 Å². The quantitative estimate of drug-likeness (QED) is 0.611. The van der Waals surface area contributed by atoms with E-state index in [9.17, 15) is 9.90 Å². The van der Waals surface area contributed by atoms with Crippen molar-refractivity contribution in [2.75, 3.05) is 6.54 Å². The topological polar surface area (TPSA) is 96.4 Å². The number of carbonyl (C=O) groups is 1. The molecule has 0 bridgehead atoms. The number of allylic oxidation sites excluding steroid dienone is 3. The van der Waals surface area contributed by atoms with Gasteiger partial charge in [0.05, 0.1) is 12.6 Å². The van der Waals surface area contributed by atoms with E-state index in [1.165, 1.54) is 37.7 Å². The highest BCUT2D eigenvalue weighted by atomic mass is 16.4. The average molecular weight is 425 g/mol. The molecule has 6 atom stereocenters. The lowest BCUT2D eigenvalue weighted by molar-refractivity contribution is -0.135. The first-order valence-electron chi connectivity index (χ1n) is 11.7. The fraction of sp³-hybridized carbons (Fsp3) is 0.615. The molecule has 0 aliphatic heterocycles. The Kier molecular flexibility index (Phi) is 6.10. The van der Waals surface area contributed by atoms with Gasteiger partial charge in [0.1, 0.15) is 0 Å². The lowest BCUT2D eigenvalue weighted by Crippen LogP contribution is -2.49. The van der Waals surface area contributed by atoms with E-state index >= 15 is 0 Å². The molecule has 0 radical (unpaired) electrons. The molecule has 2 saturated carbocycles. The van der Waals surface area contributed by atoms with E-state index in [4.69, 9.17) is 5.11 Å². The van der Waals surface area contributed by atoms with Crippen LogP contribution in [-0.4, -0.2) is 33.8 Å². The number of aliphatic carboxylic acids is 1. The summed E-state index contributed by atoms with van der Waals surface area (Å²) in [7, 11) is 0. The van der Waals surface area contributed by atoms with Crippen molar-refractivity contribution in [3.8, 4) is 0 Å². The Morgan fingerprint density at radius 2 is 1.90 bits per heavy atom. The highest BCUT2D eigenvalue weighted by Crippen LogP contribution is 2.66. The number of fused-ring (bicyclic) bond motifs is 5. The lowest BCUT2D eigenvalue weighted by Gasteiger charge is -2.57. The van der Waals surface area contributed by atoms with Crippen LogP contribution in [-0.2, 0) is 4.79 Å². The van der Waals surface area contributed by atoms with Gasteiger partial charge < -0.3 is 15.9 Å². The van der Waals surface area contributed by atoms with Gasteiger partial charge in [0.2, 0.25) is 0 Å². The third kappa shape index (κ3) is 3.87. The maximum absolute atomic E-state index is 10.2. The molecule has 4 aliphatic carbocycles. The van der Waals surface area contributed by atoms with Gasteiger partial charge >= 0.3 is 5.97 Å². The minimum Gasteiger partial charge on any atom is -0.480 e. The van der Waals surface area contributed by atoms with Crippen LogP contribution in [0.3, 0.4) is 0 Å². The summed E-state index contributed by atoms with van der Waals surface area (Å²) in [6, 6.07) is 4.31. The van der Waals surface area contributed by atoms with Crippen LogP contribution in [0.4, 0.5) is 0 Å². The van der Waals surface area contributed by atoms with E-state index in [-0.39, 0.29) is 12.6 Å². The largest absolute Gasteiger partial charge is 0.480 e. The van der Waals surface area contributed by atoms with Crippen LogP contribution in [0.25, 0.3) is 5.57 Å². The molecule has 5 heteroatoms. The van der Waals surface area contributed by atoms with Crippen LogP contribution in [0.15, 0.2) is 42.3 Å². The van der Waals surface area contributed by atoms with E-state index in [1.54, 1.807) is 11.1 Å². The highest BCUT2D eigenvalue weighted by molar-refractivity contribution is 5.72. The van der Waals surface area contributed by atoms with Crippen molar-refractivity contribution < 1.29 is 15.0 Å². The Labute approximate surface area is 185 Å². The molecule has 0 amide bonds. The lowest BCUT2D eigenvalue weighted by atomic mass is 9.47. The molecule has 5 nitrogen and oxygen atoms in total. The second-order valence-corrected chi connectivity index (χ2v) is 10.3. The number of hydrogen-bond donors (Lipinski definition) is 3.